The van der Waals surface area contributed by atoms with E-state index in [1.54, 1.807) is 12.1 Å². The van der Waals surface area contributed by atoms with Crippen molar-refractivity contribution in [1.29, 1.82) is 0 Å². The molecule has 76 valence electrons. The summed E-state index contributed by atoms with van der Waals surface area (Å²) in [5.74, 6) is -0.777. The highest BCUT2D eigenvalue weighted by molar-refractivity contribution is 9.10. The van der Waals surface area contributed by atoms with Crippen LogP contribution < -0.4 is 5.32 Å². The van der Waals surface area contributed by atoms with Gasteiger partial charge in [-0.3, -0.25) is 4.79 Å². The Bertz CT molecular complexity index is 344. The zero-order valence-electron chi connectivity index (χ0n) is 7.51. The maximum Gasteiger partial charge on any atom is 0.325 e. The van der Waals surface area contributed by atoms with Crippen molar-refractivity contribution in [3.8, 4) is 0 Å². The molecule has 0 aliphatic carbocycles. The molecule has 0 atom stereocenters. The Morgan fingerprint density at radius 3 is 3.00 bits per heavy atom. The first kappa shape index (κ1) is 11.0. The quantitative estimate of drug-likeness (QED) is 0.848. The van der Waals surface area contributed by atoms with Crippen LogP contribution in [0.3, 0.4) is 0 Å². The van der Waals surface area contributed by atoms with E-state index in [2.05, 4.69) is 26.0 Å². The van der Waals surface area contributed by atoms with Gasteiger partial charge in [-0.25, -0.2) is 4.39 Å². The van der Waals surface area contributed by atoms with Gasteiger partial charge in [0, 0.05) is 0 Å². The molecule has 0 heterocycles. The van der Waals surface area contributed by atoms with Crippen LogP contribution in [0.15, 0.2) is 22.7 Å². The Hall–Kier alpha value is -1.10. The molecule has 0 aliphatic heterocycles. The Labute approximate surface area is 89.4 Å². The molecule has 0 unspecified atom stereocenters. The minimum absolute atomic E-state index is 0.0125. The molecular weight excluding hydrogens is 253 g/mol. The normalized spacial score (nSPS) is 9.64. The smallest absolute Gasteiger partial charge is 0.325 e. The number of anilines is 1. The summed E-state index contributed by atoms with van der Waals surface area (Å²) in [7, 11) is 1.30. The molecule has 0 aromatic heterocycles. The summed E-state index contributed by atoms with van der Waals surface area (Å²) < 4.78 is 17.7. The monoisotopic (exact) mass is 261 g/mol. The molecule has 1 rings (SSSR count). The molecule has 5 heteroatoms. The zero-order valence-corrected chi connectivity index (χ0v) is 9.10. The van der Waals surface area contributed by atoms with Gasteiger partial charge >= 0.3 is 5.97 Å². The lowest BCUT2D eigenvalue weighted by Crippen LogP contribution is -2.15. The van der Waals surface area contributed by atoms with Crippen LogP contribution >= 0.6 is 15.9 Å². The number of nitrogens with one attached hydrogen (secondary N) is 1. The standard InChI is InChI=1S/C9H9BrFNO2/c1-14-8(13)5-12-7-4-2-3-6(11)9(7)10/h2-4,12H,5H2,1H3. The van der Waals surface area contributed by atoms with Gasteiger partial charge in [0.1, 0.15) is 12.4 Å². The van der Waals surface area contributed by atoms with E-state index in [0.29, 0.717) is 10.2 Å². The fraction of sp³-hybridized carbons (Fsp3) is 0.222. The van der Waals surface area contributed by atoms with E-state index in [1.165, 1.54) is 13.2 Å². The van der Waals surface area contributed by atoms with E-state index in [0.717, 1.165) is 0 Å². The topological polar surface area (TPSA) is 38.3 Å². The molecule has 1 N–H and O–H groups in total. The summed E-state index contributed by atoms with van der Waals surface area (Å²) in [5, 5.41) is 2.74. The fourth-order valence-corrected chi connectivity index (χ4v) is 1.28. The number of benzene rings is 1. The number of hydrogen-bond donors (Lipinski definition) is 1. The Balaban J connectivity index is 2.68. The third kappa shape index (κ3) is 2.70. The molecule has 1 aromatic rings. The molecule has 0 amide bonds. The van der Waals surface area contributed by atoms with E-state index >= 15 is 0 Å². The van der Waals surface area contributed by atoms with Crippen molar-refractivity contribution < 1.29 is 13.9 Å². The largest absolute Gasteiger partial charge is 0.468 e. The van der Waals surface area contributed by atoms with Crippen LogP contribution in [0.1, 0.15) is 0 Å². The van der Waals surface area contributed by atoms with Gasteiger partial charge in [-0.1, -0.05) is 6.07 Å². The molecule has 0 saturated heterocycles. The van der Waals surface area contributed by atoms with Crippen molar-refractivity contribution in [2.45, 2.75) is 0 Å². The lowest BCUT2D eigenvalue weighted by atomic mass is 10.3. The van der Waals surface area contributed by atoms with Crippen LogP contribution in [0.25, 0.3) is 0 Å². The second-order valence-electron chi connectivity index (χ2n) is 2.53. The van der Waals surface area contributed by atoms with Gasteiger partial charge in [-0.05, 0) is 28.1 Å². The maximum atomic E-state index is 13.0. The predicted molar refractivity (Wildman–Crippen MR) is 54.6 cm³/mol. The maximum absolute atomic E-state index is 13.0. The SMILES string of the molecule is COC(=O)CNc1cccc(F)c1Br. The number of halogens is 2. The van der Waals surface area contributed by atoms with E-state index in [-0.39, 0.29) is 12.4 Å². The number of hydrogen-bond acceptors (Lipinski definition) is 3. The number of carbonyl (C=O) groups excluding carboxylic acids is 1. The van der Waals surface area contributed by atoms with Crippen LogP contribution in [-0.2, 0) is 9.53 Å². The molecule has 0 fully saturated rings. The van der Waals surface area contributed by atoms with Crippen LogP contribution in [0.4, 0.5) is 10.1 Å². The number of methoxy groups -OCH3 is 1. The van der Waals surface area contributed by atoms with Gasteiger partial charge in [0.05, 0.1) is 17.3 Å². The Morgan fingerprint density at radius 2 is 2.36 bits per heavy atom. The molecule has 3 nitrogen and oxygen atoms in total. The summed E-state index contributed by atoms with van der Waals surface area (Å²) in [6.07, 6.45) is 0. The average molecular weight is 262 g/mol. The summed E-state index contributed by atoms with van der Waals surface area (Å²) in [6.45, 7) is 0.0125. The van der Waals surface area contributed by atoms with Crippen molar-refractivity contribution >= 4 is 27.6 Å². The summed E-state index contributed by atoms with van der Waals surface area (Å²) in [5.41, 5.74) is 0.524. The zero-order chi connectivity index (χ0) is 10.6. The summed E-state index contributed by atoms with van der Waals surface area (Å²) in [4.78, 5) is 10.8. The van der Waals surface area contributed by atoms with Gasteiger partial charge in [0.2, 0.25) is 0 Å². The first-order chi connectivity index (χ1) is 6.65. The molecule has 0 aliphatic rings. The van der Waals surface area contributed by atoms with Crippen molar-refractivity contribution in [3.63, 3.8) is 0 Å². The lowest BCUT2D eigenvalue weighted by Gasteiger charge is -2.07. The van der Waals surface area contributed by atoms with Crippen LogP contribution in [0.5, 0.6) is 0 Å². The van der Waals surface area contributed by atoms with Gasteiger partial charge in [0.25, 0.3) is 0 Å². The molecule has 14 heavy (non-hydrogen) atoms. The minimum Gasteiger partial charge on any atom is -0.468 e. The number of rotatable bonds is 3. The molecule has 0 spiro atoms. The van der Waals surface area contributed by atoms with E-state index < -0.39 is 5.97 Å². The summed E-state index contributed by atoms with van der Waals surface area (Å²) in [6, 6.07) is 4.54. The van der Waals surface area contributed by atoms with Crippen LogP contribution in [0, 0.1) is 5.82 Å². The van der Waals surface area contributed by atoms with Gasteiger partial charge in [-0.15, -0.1) is 0 Å². The van der Waals surface area contributed by atoms with Crippen molar-refractivity contribution in [3.05, 3.63) is 28.5 Å². The molecule has 0 saturated carbocycles. The lowest BCUT2D eigenvalue weighted by molar-refractivity contribution is -0.138. The summed E-state index contributed by atoms with van der Waals surface area (Å²) >= 11 is 3.06. The second-order valence-corrected chi connectivity index (χ2v) is 3.32. The second kappa shape index (κ2) is 4.95. The highest BCUT2D eigenvalue weighted by atomic mass is 79.9. The van der Waals surface area contributed by atoms with Crippen molar-refractivity contribution in [2.24, 2.45) is 0 Å². The first-order valence-corrected chi connectivity index (χ1v) is 4.69. The van der Waals surface area contributed by atoms with E-state index in [9.17, 15) is 9.18 Å². The highest BCUT2D eigenvalue weighted by Gasteiger charge is 2.06. The number of esters is 1. The van der Waals surface area contributed by atoms with Crippen molar-refractivity contribution in [1.82, 2.24) is 0 Å². The Kier molecular flexibility index (Phi) is 3.88. The fourth-order valence-electron chi connectivity index (χ4n) is 0.880. The third-order valence-electron chi connectivity index (χ3n) is 1.60. The van der Waals surface area contributed by atoms with Crippen LogP contribution in [-0.4, -0.2) is 19.6 Å². The Morgan fingerprint density at radius 1 is 1.64 bits per heavy atom. The van der Waals surface area contributed by atoms with Gasteiger partial charge in [0.15, 0.2) is 0 Å². The van der Waals surface area contributed by atoms with Crippen molar-refractivity contribution in [2.75, 3.05) is 19.0 Å². The van der Waals surface area contributed by atoms with E-state index in [4.69, 9.17) is 0 Å². The highest BCUT2D eigenvalue weighted by Crippen LogP contribution is 2.24. The predicted octanol–water partition coefficient (Wildman–Crippen LogP) is 2.17. The van der Waals surface area contributed by atoms with Gasteiger partial charge in [-0.2, -0.15) is 0 Å². The molecule has 1 aromatic carbocycles. The molecular formula is C9H9BrFNO2. The number of ether oxygens (including phenoxy) is 1. The molecule has 0 radical (unpaired) electrons. The molecule has 0 bridgehead atoms. The third-order valence-corrected chi connectivity index (χ3v) is 2.41. The van der Waals surface area contributed by atoms with E-state index in [1.807, 2.05) is 0 Å². The van der Waals surface area contributed by atoms with Gasteiger partial charge < -0.3 is 10.1 Å². The number of carbonyl (C=O) groups is 1. The van der Waals surface area contributed by atoms with Crippen LogP contribution in [0.2, 0.25) is 0 Å². The minimum atomic E-state index is -0.402. The first-order valence-electron chi connectivity index (χ1n) is 3.90. The average Bonchev–Trinajstić information content (AvgIpc) is 2.20.